The molecule has 1 aliphatic carbocycles. The Morgan fingerprint density at radius 3 is 2.67 bits per heavy atom. The van der Waals surface area contributed by atoms with E-state index in [0.29, 0.717) is 11.8 Å². The number of carbonyl (C=O) groups excluding carboxylic acids is 1. The fourth-order valence-electron chi connectivity index (χ4n) is 3.12. The van der Waals surface area contributed by atoms with E-state index in [9.17, 15) is 4.79 Å². The quantitative estimate of drug-likeness (QED) is 0.804. The van der Waals surface area contributed by atoms with Gasteiger partial charge in [0, 0.05) is 6.04 Å². The summed E-state index contributed by atoms with van der Waals surface area (Å²) in [6.45, 7) is 2.14. The minimum absolute atomic E-state index is 0.140. The molecular weight excluding hydrogens is 338 g/mol. The van der Waals surface area contributed by atoms with Crippen molar-refractivity contribution in [3.8, 4) is 0 Å². The summed E-state index contributed by atoms with van der Waals surface area (Å²) in [6.07, 6.45) is 7.35. The van der Waals surface area contributed by atoms with Gasteiger partial charge in [-0.2, -0.15) is 5.10 Å². The van der Waals surface area contributed by atoms with Gasteiger partial charge in [0.05, 0.1) is 11.4 Å². The highest BCUT2D eigenvalue weighted by Crippen LogP contribution is 2.34. The van der Waals surface area contributed by atoms with Crippen LogP contribution in [0.5, 0.6) is 0 Å². The molecule has 2 aliphatic rings. The summed E-state index contributed by atoms with van der Waals surface area (Å²) in [5.74, 6) is 0.596. The van der Waals surface area contributed by atoms with E-state index in [1.165, 1.54) is 25.7 Å². The molecule has 1 atom stereocenters. The van der Waals surface area contributed by atoms with Crippen molar-refractivity contribution in [2.24, 2.45) is 5.10 Å². The molecule has 0 bridgehead atoms. The van der Waals surface area contributed by atoms with Crippen LogP contribution in [0, 0.1) is 0 Å². The molecule has 6 heteroatoms. The average Bonchev–Trinajstić information content (AvgIpc) is 2.79. The molecule has 1 amide bonds. The van der Waals surface area contributed by atoms with Crippen LogP contribution in [0.3, 0.4) is 0 Å². The number of benzene rings is 1. The van der Waals surface area contributed by atoms with Crippen molar-refractivity contribution in [1.82, 2.24) is 5.32 Å². The lowest BCUT2D eigenvalue weighted by molar-refractivity contribution is -0.119. The predicted octanol–water partition coefficient (Wildman–Crippen LogP) is 4.43. The molecule has 0 radical (unpaired) electrons. The predicted molar refractivity (Wildman–Crippen MR) is 105 cm³/mol. The standard InChI is InChI=1S/C18H25N3OS2/c1-14-21(16-11-7-4-8-12-16)20-18(24-14)23-13-17(22)19-15-9-5-2-3-6-10-15/h4,7-8,11-12,14-15H,2-3,5-6,9-10,13H2,1H3,(H,19,22). The van der Waals surface area contributed by atoms with Crippen LogP contribution >= 0.6 is 23.5 Å². The molecule has 1 aliphatic heterocycles. The molecule has 0 aromatic heterocycles. The number of para-hydroxylation sites is 1. The van der Waals surface area contributed by atoms with Crippen molar-refractivity contribution in [3.63, 3.8) is 0 Å². The molecule has 1 saturated carbocycles. The first-order valence-electron chi connectivity index (χ1n) is 8.74. The molecule has 1 unspecified atom stereocenters. The summed E-state index contributed by atoms with van der Waals surface area (Å²) in [5, 5.41) is 10.2. The Balaban J connectivity index is 1.48. The van der Waals surface area contributed by atoms with Gasteiger partial charge in [-0.3, -0.25) is 9.80 Å². The lowest BCUT2D eigenvalue weighted by Gasteiger charge is -2.18. The first-order chi connectivity index (χ1) is 11.7. The van der Waals surface area contributed by atoms with Crippen LogP contribution in [-0.2, 0) is 4.79 Å². The Hall–Kier alpha value is -1.14. The summed E-state index contributed by atoms with van der Waals surface area (Å²) in [5.41, 5.74) is 1.09. The number of hydrazone groups is 1. The van der Waals surface area contributed by atoms with Gasteiger partial charge in [-0.1, -0.05) is 67.4 Å². The van der Waals surface area contributed by atoms with E-state index >= 15 is 0 Å². The third-order valence-corrected chi connectivity index (χ3v) is 6.57. The molecule has 0 saturated heterocycles. The van der Waals surface area contributed by atoms with Gasteiger partial charge in [-0.05, 0) is 31.9 Å². The van der Waals surface area contributed by atoms with Crippen molar-refractivity contribution in [2.75, 3.05) is 10.8 Å². The molecule has 4 nitrogen and oxygen atoms in total. The first kappa shape index (κ1) is 17.7. The second-order valence-corrected chi connectivity index (χ2v) is 8.83. The van der Waals surface area contributed by atoms with Crippen LogP contribution in [0.2, 0.25) is 0 Å². The molecule has 0 spiro atoms. The number of carbonyl (C=O) groups is 1. The second kappa shape index (κ2) is 8.81. The second-order valence-electron chi connectivity index (χ2n) is 6.31. The maximum absolute atomic E-state index is 12.2. The number of thioether (sulfide) groups is 2. The molecule has 1 aromatic rings. The third kappa shape index (κ3) is 4.93. The van der Waals surface area contributed by atoms with Crippen LogP contribution in [0.25, 0.3) is 0 Å². The van der Waals surface area contributed by atoms with Crippen LogP contribution < -0.4 is 10.3 Å². The molecule has 1 heterocycles. The van der Waals surface area contributed by atoms with Crippen molar-refractivity contribution in [2.45, 2.75) is 56.9 Å². The lowest BCUT2D eigenvalue weighted by Crippen LogP contribution is -2.35. The summed E-state index contributed by atoms with van der Waals surface area (Å²) < 4.78 is 0.974. The lowest BCUT2D eigenvalue weighted by atomic mass is 10.1. The Labute approximate surface area is 152 Å². The molecule has 130 valence electrons. The zero-order valence-corrected chi connectivity index (χ0v) is 15.7. The number of anilines is 1. The van der Waals surface area contributed by atoms with Gasteiger partial charge in [0.15, 0.2) is 4.38 Å². The van der Waals surface area contributed by atoms with Gasteiger partial charge in [0.25, 0.3) is 0 Å². The highest BCUT2D eigenvalue weighted by molar-refractivity contribution is 8.39. The zero-order valence-electron chi connectivity index (χ0n) is 14.1. The van der Waals surface area contributed by atoms with E-state index in [0.717, 1.165) is 22.9 Å². The van der Waals surface area contributed by atoms with E-state index < -0.39 is 0 Å². The summed E-state index contributed by atoms with van der Waals surface area (Å²) in [4.78, 5) is 12.2. The number of amides is 1. The van der Waals surface area contributed by atoms with Gasteiger partial charge < -0.3 is 5.32 Å². The van der Waals surface area contributed by atoms with Crippen LogP contribution in [0.1, 0.15) is 45.4 Å². The number of hydrogen-bond donors (Lipinski definition) is 1. The van der Waals surface area contributed by atoms with Crippen LogP contribution in [0.4, 0.5) is 5.69 Å². The SMILES string of the molecule is CC1SC(SCC(=O)NC2CCCCCC2)=NN1c1ccccc1. The van der Waals surface area contributed by atoms with Gasteiger partial charge in [-0.25, -0.2) is 0 Å². The van der Waals surface area contributed by atoms with E-state index in [1.54, 1.807) is 23.5 Å². The zero-order chi connectivity index (χ0) is 16.8. The fourth-order valence-corrected chi connectivity index (χ4v) is 5.17. The van der Waals surface area contributed by atoms with Crippen molar-refractivity contribution >= 4 is 39.5 Å². The average molecular weight is 364 g/mol. The van der Waals surface area contributed by atoms with Crippen molar-refractivity contribution in [1.29, 1.82) is 0 Å². The summed E-state index contributed by atoms with van der Waals surface area (Å²) in [6, 6.07) is 10.5. The van der Waals surface area contributed by atoms with Crippen molar-refractivity contribution in [3.05, 3.63) is 30.3 Å². The van der Waals surface area contributed by atoms with Crippen molar-refractivity contribution < 1.29 is 4.79 Å². The number of hydrogen-bond acceptors (Lipinski definition) is 5. The Morgan fingerprint density at radius 1 is 1.25 bits per heavy atom. The first-order valence-corrected chi connectivity index (χ1v) is 10.6. The van der Waals surface area contributed by atoms with E-state index in [2.05, 4.69) is 29.5 Å². The minimum atomic E-state index is 0.140. The van der Waals surface area contributed by atoms with E-state index in [1.807, 2.05) is 23.2 Å². The molecule has 1 aromatic carbocycles. The Morgan fingerprint density at radius 2 is 1.96 bits per heavy atom. The largest absolute Gasteiger partial charge is 0.353 e. The fraction of sp³-hybridized carbons (Fsp3) is 0.556. The molecular formula is C18H25N3OS2. The highest BCUT2D eigenvalue weighted by atomic mass is 32.2. The van der Waals surface area contributed by atoms with E-state index in [4.69, 9.17) is 0 Å². The summed E-state index contributed by atoms with van der Waals surface area (Å²) in [7, 11) is 0. The maximum Gasteiger partial charge on any atom is 0.230 e. The number of nitrogens with one attached hydrogen (secondary N) is 1. The number of nitrogens with zero attached hydrogens (tertiary/aromatic N) is 2. The number of rotatable bonds is 4. The van der Waals surface area contributed by atoms with Crippen LogP contribution in [-0.4, -0.2) is 27.5 Å². The molecule has 24 heavy (non-hydrogen) atoms. The summed E-state index contributed by atoms with van der Waals surface area (Å²) >= 11 is 3.27. The highest BCUT2D eigenvalue weighted by Gasteiger charge is 2.25. The van der Waals surface area contributed by atoms with Gasteiger partial charge in [0.2, 0.25) is 5.91 Å². The Bertz CT molecular complexity index is 571. The molecule has 1 N–H and O–H groups in total. The minimum Gasteiger partial charge on any atom is -0.353 e. The molecule has 1 fully saturated rings. The van der Waals surface area contributed by atoms with Crippen LogP contribution in [0.15, 0.2) is 35.4 Å². The molecule has 3 rings (SSSR count). The Kier molecular flexibility index (Phi) is 6.49. The smallest absolute Gasteiger partial charge is 0.230 e. The van der Waals surface area contributed by atoms with Gasteiger partial charge >= 0.3 is 0 Å². The third-order valence-electron chi connectivity index (χ3n) is 4.37. The normalized spacial score (nSPS) is 22.1. The van der Waals surface area contributed by atoms with Gasteiger partial charge in [0.1, 0.15) is 5.37 Å². The topological polar surface area (TPSA) is 44.7 Å². The maximum atomic E-state index is 12.2. The van der Waals surface area contributed by atoms with E-state index in [-0.39, 0.29) is 11.3 Å². The monoisotopic (exact) mass is 363 g/mol. The van der Waals surface area contributed by atoms with Gasteiger partial charge in [-0.15, -0.1) is 0 Å².